The van der Waals surface area contributed by atoms with E-state index < -0.39 is 0 Å². The molecule has 0 radical (unpaired) electrons. The van der Waals surface area contributed by atoms with E-state index in [9.17, 15) is 4.79 Å². The second kappa shape index (κ2) is 7.61. The monoisotopic (exact) mass is 354 g/mol. The minimum absolute atomic E-state index is 0.0171. The number of hydrogen-bond donors (Lipinski definition) is 1. The van der Waals surface area contributed by atoms with E-state index >= 15 is 0 Å². The summed E-state index contributed by atoms with van der Waals surface area (Å²) in [6.45, 7) is 4.81. The van der Waals surface area contributed by atoms with Gasteiger partial charge >= 0.3 is 6.03 Å². The summed E-state index contributed by atoms with van der Waals surface area (Å²) >= 11 is 0. The molecule has 1 aromatic carbocycles. The molecule has 7 nitrogen and oxygen atoms in total. The van der Waals surface area contributed by atoms with Crippen LogP contribution in [-0.2, 0) is 13.1 Å². The van der Waals surface area contributed by atoms with E-state index in [4.69, 9.17) is 9.47 Å². The number of rotatable bonds is 4. The van der Waals surface area contributed by atoms with Crippen LogP contribution in [0.3, 0.4) is 0 Å². The van der Waals surface area contributed by atoms with Crippen LogP contribution in [0.2, 0.25) is 0 Å². The number of carbonyl (C=O) groups excluding carboxylic acids is 1. The number of nitrogens with zero attached hydrogens (tertiary/aromatic N) is 3. The molecular formula is C19H22N4O3. The van der Waals surface area contributed by atoms with E-state index in [2.05, 4.69) is 21.3 Å². The fraction of sp³-hybridized carbons (Fsp3) is 0.368. The number of nitrogens with one attached hydrogen (secondary N) is 1. The van der Waals surface area contributed by atoms with Gasteiger partial charge in [-0.25, -0.2) is 4.79 Å². The zero-order chi connectivity index (χ0) is 17.8. The minimum Gasteiger partial charge on any atom is -0.454 e. The van der Waals surface area contributed by atoms with Gasteiger partial charge in [-0.2, -0.15) is 0 Å². The van der Waals surface area contributed by atoms with E-state index in [1.54, 1.807) is 12.4 Å². The van der Waals surface area contributed by atoms with Crippen molar-refractivity contribution in [1.29, 1.82) is 0 Å². The van der Waals surface area contributed by atoms with Crippen molar-refractivity contribution in [3.8, 4) is 11.5 Å². The molecule has 0 saturated carbocycles. The Kier molecular flexibility index (Phi) is 4.88. The molecule has 136 valence electrons. The molecule has 1 saturated heterocycles. The second-order valence-corrected chi connectivity index (χ2v) is 6.47. The Balaban J connectivity index is 1.24. The average Bonchev–Trinajstić information content (AvgIpc) is 3.15. The Hall–Kier alpha value is -2.80. The molecule has 0 spiro atoms. The van der Waals surface area contributed by atoms with Gasteiger partial charge in [-0.15, -0.1) is 0 Å². The molecule has 26 heavy (non-hydrogen) atoms. The molecule has 1 fully saturated rings. The number of fused-ring (bicyclic) bond motifs is 1. The lowest BCUT2D eigenvalue weighted by Gasteiger charge is -2.34. The molecule has 3 heterocycles. The predicted molar refractivity (Wildman–Crippen MR) is 95.9 cm³/mol. The molecule has 0 atom stereocenters. The molecule has 2 aliphatic rings. The number of hydrogen-bond acceptors (Lipinski definition) is 5. The number of aromatic nitrogens is 1. The number of pyridine rings is 1. The van der Waals surface area contributed by atoms with Crippen LogP contribution in [0.5, 0.6) is 11.5 Å². The molecule has 0 unspecified atom stereocenters. The minimum atomic E-state index is -0.0171. The van der Waals surface area contributed by atoms with Crippen LogP contribution in [0.25, 0.3) is 0 Å². The van der Waals surface area contributed by atoms with Gasteiger partial charge in [0.05, 0.1) is 0 Å². The highest BCUT2D eigenvalue weighted by molar-refractivity contribution is 5.74. The zero-order valence-electron chi connectivity index (χ0n) is 14.6. The van der Waals surface area contributed by atoms with Gasteiger partial charge in [-0.1, -0.05) is 12.1 Å². The maximum Gasteiger partial charge on any atom is 0.317 e. The van der Waals surface area contributed by atoms with Crippen LogP contribution in [0, 0.1) is 0 Å². The Morgan fingerprint density at radius 1 is 1.08 bits per heavy atom. The lowest BCUT2D eigenvalue weighted by molar-refractivity contribution is 0.135. The predicted octanol–water partition coefficient (Wildman–Crippen LogP) is 1.84. The Morgan fingerprint density at radius 3 is 2.73 bits per heavy atom. The third kappa shape index (κ3) is 3.88. The molecule has 1 N–H and O–H groups in total. The number of carbonyl (C=O) groups is 1. The van der Waals surface area contributed by atoms with Gasteiger partial charge in [0.1, 0.15) is 0 Å². The van der Waals surface area contributed by atoms with Crippen LogP contribution < -0.4 is 14.8 Å². The third-order valence-corrected chi connectivity index (χ3v) is 4.67. The fourth-order valence-electron chi connectivity index (χ4n) is 3.20. The number of benzene rings is 1. The summed E-state index contributed by atoms with van der Waals surface area (Å²) in [5, 5.41) is 2.96. The van der Waals surface area contributed by atoms with Gasteiger partial charge in [-0.3, -0.25) is 9.88 Å². The van der Waals surface area contributed by atoms with E-state index in [0.29, 0.717) is 13.3 Å². The van der Waals surface area contributed by atoms with Crippen LogP contribution >= 0.6 is 0 Å². The van der Waals surface area contributed by atoms with E-state index in [1.807, 2.05) is 29.2 Å². The van der Waals surface area contributed by atoms with Crippen LogP contribution in [0.4, 0.5) is 4.79 Å². The topological polar surface area (TPSA) is 66.9 Å². The quantitative estimate of drug-likeness (QED) is 0.907. The van der Waals surface area contributed by atoms with Gasteiger partial charge in [0.25, 0.3) is 0 Å². The van der Waals surface area contributed by atoms with Crippen LogP contribution in [-0.4, -0.2) is 53.8 Å². The molecule has 0 aliphatic carbocycles. The Labute approximate surface area is 152 Å². The Bertz CT molecular complexity index is 761. The van der Waals surface area contributed by atoms with Gasteiger partial charge in [-0.05, 0) is 29.3 Å². The maximum absolute atomic E-state index is 12.3. The van der Waals surface area contributed by atoms with Crippen molar-refractivity contribution >= 4 is 6.03 Å². The summed E-state index contributed by atoms with van der Waals surface area (Å²) in [6.07, 6.45) is 3.49. The first-order valence-electron chi connectivity index (χ1n) is 8.80. The highest BCUT2D eigenvalue weighted by Gasteiger charge is 2.21. The number of urea groups is 1. The van der Waals surface area contributed by atoms with Crippen molar-refractivity contribution < 1.29 is 14.3 Å². The first-order chi connectivity index (χ1) is 12.8. The fourth-order valence-corrected chi connectivity index (χ4v) is 3.20. The summed E-state index contributed by atoms with van der Waals surface area (Å²) in [5.41, 5.74) is 2.20. The first-order valence-corrected chi connectivity index (χ1v) is 8.80. The first kappa shape index (κ1) is 16.7. The molecule has 7 heteroatoms. The van der Waals surface area contributed by atoms with Crippen molar-refractivity contribution in [2.45, 2.75) is 13.1 Å². The van der Waals surface area contributed by atoms with Gasteiger partial charge in [0, 0.05) is 51.7 Å². The molecule has 2 amide bonds. The SMILES string of the molecule is O=C(NCc1cccnc1)N1CCN(Cc2ccc3c(c2)OCO3)CC1. The smallest absolute Gasteiger partial charge is 0.317 e. The summed E-state index contributed by atoms with van der Waals surface area (Å²) in [7, 11) is 0. The maximum atomic E-state index is 12.3. The van der Waals surface area contributed by atoms with Crippen molar-refractivity contribution in [2.24, 2.45) is 0 Å². The molecule has 4 rings (SSSR count). The lowest BCUT2D eigenvalue weighted by atomic mass is 10.1. The molecule has 2 aromatic rings. The van der Waals surface area contributed by atoms with Gasteiger partial charge < -0.3 is 19.7 Å². The number of amides is 2. The molecule has 1 aromatic heterocycles. The summed E-state index contributed by atoms with van der Waals surface area (Å²) < 4.78 is 10.8. The number of ether oxygens (including phenoxy) is 2. The average molecular weight is 354 g/mol. The zero-order valence-corrected chi connectivity index (χ0v) is 14.6. The normalized spacial score (nSPS) is 16.5. The van der Waals surface area contributed by atoms with Crippen LogP contribution in [0.1, 0.15) is 11.1 Å². The highest BCUT2D eigenvalue weighted by Crippen LogP contribution is 2.32. The largest absolute Gasteiger partial charge is 0.454 e. The van der Waals surface area contributed by atoms with Crippen molar-refractivity contribution in [3.05, 3.63) is 53.9 Å². The second-order valence-electron chi connectivity index (χ2n) is 6.47. The highest BCUT2D eigenvalue weighted by atomic mass is 16.7. The summed E-state index contributed by atoms with van der Waals surface area (Å²) in [6, 6.07) is 9.87. The lowest BCUT2D eigenvalue weighted by Crippen LogP contribution is -2.51. The Morgan fingerprint density at radius 2 is 1.92 bits per heavy atom. The van der Waals surface area contributed by atoms with Crippen molar-refractivity contribution in [3.63, 3.8) is 0 Å². The van der Waals surface area contributed by atoms with E-state index in [-0.39, 0.29) is 6.03 Å². The van der Waals surface area contributed by atoms with Gasteiger partial charge in [0.2, 0.25) is 6.79 Å². The third-order valence-electron chi connectivity index (χ3n) is 4.67. The van der Waals surface area contributed by atoms with Gasteiger partial charge in [0.15, 0.2) is 11.5 Å². The summed E-state index contributed by atoms with van der Waals surface area (Å²) in [4.78, 5) is 20.6. The molecule has 0 bridgehead atoms. The standard InChI is InChI=1S/C19H22N4O3/c24-19(21-12-16-2-1-5-20-11-16)23-8-6-22(7-9-23)13-15-3-4-17-18(10-15)26-14-25-17/h1-5,10-11H,6-9,12-14H2,(H,21,24). The molecule has 2 aliphatic heterocycles. The van der Waals surface area contributed by atoms with Crippen molar-refractivity contribution in [2.75, 3.05) is 33.0 Å². The van der Waals surface area contributed by atoms with E-state index in [1.165, 1.54) is 5.56 Å². The number of piperazine rings is 1. The molecular weight excluding hydrogens is 332 g/mol. The summed E-state index contributed by atoms with van der Waals surface area (Å²) in [5.74, 6) is 1.62. The van der Waals surface area contributed by atoms with E-state index in [0.717, 1.165) is 49.8 Å². The van der Waals surface area contributed by atoms with Crippen LogP contribution in [0.15, 0.2) is 42.7 Å². The van der Waals surface area contributed by atoms with Crippen molar-refractivity contribution in [1.82, 2.24) is 20.1 Å².